The van der Waals surface area contributed by atoms with Crippen LogP contribution in [0.1, 0.15) is 22.9 Å². The minimum absolute atomic E-state index is 0.101. The van der Waals surface area contributed by atoms with Gasteiger partial charge in [0.15, 0.2) is 0 Å². The summed E-state index contributed by atoms with van der Waals surface area (Å²) in [5.41, 5.74) is -0.377. The summed E-state index contributed by atoms with van der Waals surface area (Å²) in [6.07, 6.45) is -3.10. The molecule has 1 aromatic carbocycles. The number of imide groups is 1. The van der Waals surface area contributed by atoms with Crippen LogP contribution in [0.25, 0.3) is 0 Å². The molecule has 30 heavy (non-hydrogen) atoms. The van der Waals surface area contributed by atoms with Gasteiger partial charge in [-0.2, -0.15) is 13.2 Å². The van der Waals surface area contributed by atoms with Gasteiger partial charge in [0, 0.05) is 12.2 Å². The van der Waals surface area contributed by atoms with Crippen LogP contribution in [0.5, 0.6) is 0 Å². The minimum Gasteiger partial charge on any atom is -0.480 e. The number of alkyl halides is 3. The lowest BCUT2D eigenvalue weighted by atomic mass is 9.86. The highest BCUT2D eigenvalue weighted by atomic mass is 19.4. The number of carboxylic acids is 1. The first-order valence-electron chi connectivity index (χ1n) is 9.09. The first kappa shape index (κ1) is 20.0. The van der Waals surface area contributed by atoms with Crippen molar-refractivity contribution in [1.29, 1.82) is 0 Å². The smallest absolute Gasteiger partial charge is 0.416 e. The predicted octanol–water partition coefficient (Wildman–Crippen LogP) is 2.00. The lowest BCUT2D eigenvalue weighted by molar-refractivity contribution is -0.146. The average molecular weight is 419 g/mol. The lowest BCUT2D eigenvalue weighted by Crippen LogP contribution is -2.43. The maximum atomic E-state index is 13.1. The third-order valence-corrected chi connectivity index (χ3v) is 5.45. The quantitative estimate of drug-likeness (QED) is 0.736. The zero-order valence-electron chi connectivity index (χ0n) is 15.3. The molecule has 0 radical (unpaired) electrons. The largest absolute Gasteiger partial charge is 0.480 e. The van der Waals surface area contributed by atoms with Gasteiger partial charge in [-0.25, -0.2) is 0 Å². The van der Waals surface area contributed by atoms with Crippen molar-refractivity contribution in [2.45, 2.75) is 24.8 Å². The van der Waals surface area contributed by atoms with E-state index in [1.807, 2.05) is 0 Å². The van der Waals surface area contributed by atoms with E-state index < -0.39 is 53.4 Å². The number of aromatic nitrogens is 1. The van der Waals surface area contributed by atoms with Crippen molar-refractivity contribution >= 4 is 17.8 Å². The lowest BCUT2D eigenvalue weighted by Gasteiger charge is -2.22. The molecule has 4 atom stereocenters. The summed E-state index contributed by atoms with van der Waals surface area (Å²) in [5.74, 6) is -4.98. The number of nitrogens with one attached hydrogen (secondary N) is 1. The van der Waals surface area contributed by atoms with Crippen molar-refractivity contribution in [3.8, 4) is 0 Å². The number of benzene rings is 1. The third kappa shape index (κ3) is 3.32. The fraction of sp³-hybridized carbons (Fsp3) is 0.300. The SMILES string of the molecule is O=C(O)C1NC(c2cccc(C(F)(F)F)c2)C2C(=O)N(Cc3ccccn3)C(=O)C12. The van der Waals surface area contributed by atoms with Gasteiger partial charge in [-0.05, 0) is 29.8 Å². The molecule has 2 saturated heterocycles. The van der Waals surface area contributed by atoms with Crippen LogP contribution in [0.2, 0.25) is 0 Å². The standard InChI is InChI=1S/C20H16F3N3O4/c21-20(22,23)11-5-3-4-10(8-11)15-13-14(16(25-15)19(29)30)18(28)26(17(13)27)9-12-6-1-2-7-24-12/h1-8,13-16,25H,9H2,(H,29,30). The number of carbonyl (C=O) groups excluding carboxylic acids is 2. The molecule has 7 nitrogen and oxygen atoms in total. The second kappa shape index (κ2) is 7.21. The topological polar surface area (TPSA) is 99.6 Å². The summed E-state index contributed by atoms with van der Waals surface area (Å²) in [6, 6.07) is 6.87. The van der Waals surface area contributed by atoms with Crippen molar-refractivity contribution in [1.82, 2.24) is 15.2 Å². The number of fused-ring (bicyclic) bond motifs is 1. The molecule has 156 valence electrons. The van der Waals surface area contributed by atoms with Crippen molar-refractivity contribution in [2.75, 3.05) is 0 Å². The van der Waals surface area contributed by atoms with Gasteiger partial charge in [0.25, 0.3) is 0 Å². The highest BCUT2D eigenvalue weighted by Gasteiger charge is 2.61. The van der Waals surface area contributed by atoms with E-state index in [1.165, 1.54) is 18.3 Å². The van der Waals surface area contributed by atoms with E-state index in [0.717, 1.165) is 17.0 Å². The van der Waals surface area contributed by atoms with Crippen LogP contribution < -0.4 is 5.32 Å². The number of carbonyl (C=O) groups is 3. The zero-order valence-corrected chi connectivity index (χ0v) is 15.3. The molecule has 0 spiro atoms. The van der Waals surface area contributed by atoms with E-state index in [1.54, 1.807) is 18.2 Å². The van der Waals surface area contributed by atoms with Gasteiger partial charge in [0.1, 0.15) is 6.04 Å². The molecule has 1 aromatic heterocycles. The monoisotopic (exact) mass is 419 g/mol. The van der Waals surface area contributed by atoms with Gasteiger partial charge in [-0.15, -0.1) is 0 Å². The summed E-state index contributed by atoms with van der Waals surface area (Å²) in [6.45, 7) is -0.132. The molecule has 2 aliphatic heterocycles. The van der Waals surface area contributed by atoms with Crippen molar-refractivity contribution in [3.05, 3.63) is 65.5 Å². The Morgan fingerprint density at radius 2 is 1.83 bits per heavy atom. The maximum absolute atomic E-state index is 13.1. The van der Waals surface area contributed by atoms with E-state index in [0.29, 0.717) is 5.69 Å². The van der Waals surface area contributed by atoms with Gasteiger partial charge in [0.05, 0.1) is 29.6 Å². The van der Waals surface area contributed by atoms with Crippen LogP contribution in [-0.2, 0) is 27.1 Å². The van der Waals surface area contributed by atoms with E-state index in [9.17, 15) is 32.7 Å². The van der Waals surface area contributed by atoms with Gasteiger partial charge in [-0.3, -0.25) is 29.6 Å². The molecule has 2 aromatic rings. The Bertz CT molecular complexity index is 1010. The fourth-order valence-electron chi connectivity index (χ4n) is 4.12. The number of amides is 2. The zero-order chi connectivity index (χ0) is 21.6. The van der Waals surface area contributed by atoms with E-state index in [2.05, 4.69) is 10.3 Å². The van der Waals surface area contributed by atoms with Crippen LogP contribution in [0, 0.1) is 11.8 Å². The number of likely N-dealkylation sites (tertiary alicyclic amines) is 1. The summed E-state index contributed by atoms with van der Waals surface area (Å²) >= 11 is 0. The number of aliphatic carboxylic acids is 1. The predicted molar refractivity (Wildman–Crippen MR) is 95.5 cm³/mol. The fourth-order valence-corrected chi connectivity index (χ4v) is 4.12. The molecular formula is C20H16F3N3O4. The number of rotatable bonds is 4. The van der Waals surface area contributed by atoms with Crippen molar-refractivity contribution < 1.29 is 32.7 Å². The normalized spacial score (nSPS) is 26.2. The Morgan fingerprint density at radius 1 is 1.10 bits per heavy atom. The second-order valence-corrected chi connectivity index (χ2v) is 7.22. The number of hydrogen-bond acceptors (Lipinski definition) is 5. The first-order valence-corrected chi connectivity index (χ1v) is 9.09. The van der Waals surface area contributed by atoms with Crippen LogP contribution in [0.15, 0.2) is 48.7 Å². The Balaban J connectivity index is 1.71. The van der Waals surface area contributed by atoms with Crippen LogP contribution >= 0.6 is 0 Å². The van der Waals surface area contributed by atoms with E-state index in [4.69, 9.17) is 0 Å². The molecule has 0 aliphatic carbocycles. The summed E-state index contributed by atoms with van der Waals surface area (Å²) in [7, 11) is 0. The van der Waals surface area contributed by atoms with Gasteiger partial charge >= 0.3 is 12.1 Å². The van der Waals surface area contributed by atoms with Crippen molar-refractivity contribution in [3.63, 3.8) is 0 Å². The Hall–Kier alpha value is -3.27. The van der Waals surface area contributed by atoms with Gasteiger partial charge < -0.3 is 5.11 Å². The molecule has 0 bridgehead atoms. The minimum atomic E-state index is -4.60. The molecule has 2 amide bonds. The van der Waals surface area contributed by atoms with Gasteiger partial charge in [-0.1, -0.05) is 18.2 Å². The van der Waals surface area contributed by atoms with Crippen LogP contribution in [-0.4, -0.2) is 38.8 Å². The van der Waals surface area contributed by atoms with E-state index >= 15 is 0 Å². The highest BCUT2D eigenvalue weighted by Crippen LogP contribution is 2.45. The third-order valence-electron chi connectivity index (χ3n) is 5.45. The second-order valence-electron chi connectivity index (χ2n) is 7.22. The Labute approximate surface area is 168 Å². The Kier molecular flexibility index (Phi) is 4.81. The molecule has 3 heterocycles. The summed E-state index contributed by atoms with van der Waals surface area (Å²) in [4.78, 5) is 42.7. The molecule has 10 heteroatoms. The first-order chi connectivity index (χ1) is 14.2. The molecule has 2 aliphatic rings. The number of carboxylic acid groups (broad SMARTS) is 1. The molecule has 0 saturated carbocycles. The van der Waals surface area contributed by atoms with Gasteiger partial charge in [0.2, 0.25) is 11.8 Å². The molecule has 2 N–H and O–H groups in total. The number of nitrogens with zero attached hydrogens (tertiary/aromatic N) is 2. The maximum Gasteiger partial charge on any atom is 0.416 e. The molecule has 4 unspecified atom stereocenters. The number of halogens is 3. The number of hydrogen-bond donors (Lipinski definition) is 2. The molecule has 4 rings (SSSR count). The highest BCUT2D eigenvalue weighted by molar-refractivity contribution is 6.08. The van der Waals surface area contributed by atoms with Crippen LogP contribution in [0.4, 0.5) is 13.2 Å². The van der Waals surface area contributed by atoms with Crippen molar-refractivity contribution in [2.24, 2.45) is 11.8 Å². The number of pyridine rings is 1. The summed E-state index contributed by atoms with van der Waals surface area (Å²) < 4.78 is 39.4. The molecular weight excluding hydrogens is 403 g/mol. The average Bonchev–Trinajstić information content (AvgIpc) is 3.21. The Morgan fingerprint density at radius 3 is 2.47 bits per heavy atom. The van der Waals surface area contributed by atoms with E-state index in [-0.39, 0.29) is 12.1 Å². The van der Waals surface area contributed by atoms with Crippen LogP contribution in [0.3, 0.4) is 0 Å². The summed E-state index contributed by atoms with van der Waals surface area (Å²) in [5, 5.41) is 12.2. The molecule has 2 fully saturated rings.